The van der Waals surface area contributed by atoms with Crippen molar-refractivity contribution in [3.05, 3.63) is 58.0 Å². The second-order valence-electron chi connectivity index (χ2n) is 4.82. The highest BCUT2D eigenvalue weighted by molar-refractivity contribution is 9.10. The van der Waals surface area contributed by atoms with Gasteiger partial charge in [0.2, 0.25) is 0 Å². The highest BCUT2D eigenvalue weighted by atomic mass is 79.9. The first-order chi connectivity index (χ1) is 10.0. The number of halogens is 1. The first-order valence-electron chi connectivity index (χ1n) is 6.43. The molecule has 0 saturated heterocycles. The first kappa shape index (κ1) is 13.8. The Kier molecular flexibility index (Phi) is 3.47. The molecule has 0 spiro atoms. The molecule has 0 fully saturated rings. The van der Waals surface area contributed by atoms with Crippen LogP contribution in [0, 0.1) is 13.8 Å². The predicted molar refractivity (Wildman–Crippen MR) is 84.6 cm³/mol. The summed E-state index contributed by atoms with van der Waals surface area (Å²) in [6.07, 6.45) is 1.66. The number of hydrogen-bond donors (Lipinski definition) is 1. The molecule has 0 aliphatic carbocycles. The maximum atomic E-state index is 12.3. The number of nitrogens with zero attached hydrogens (tertiary/aromatic N) is 3. The smallest absolute Gasteiger partial charge is 0.274 e. The van der Waals surface area contributed by atoms with Gasteiger partial charge in [-0.25, -0.2) is 9.50 Å². The fourth-order valence-electron chi connectivity index (χ4n) is 2.09. The maximum absolute atomic E-state index is 12.3. The normalized spacial score (nSPS) is 10.8. The van der Waals surface area contributed by atoms with E-state index in [0.717, 1.165) is 21.4 Å². The lowest BCUT2D eigenvalue weighted by molar-refractivity contribution is 0.102. The van der Waals surface area contributed by atoms with Crippen LogP contribution in [-0.4, -0.2) is 20.5 Å². The third-order valence-corrected chi connectivity index (χ3v) is 3.80. The van der Waals surface area contributed by atoms with Gasteiger partial charge in [-0.05, 0) is 53.5 Å². The minimum absolute atomic E-state index is 0.244. The number of benzene rings is 1. The van der Waals surface area contributed by atoms with Crippen LogP contribution in [0.15, 0.2) is 41.0 Å². The summed E-state index contributed by atoms with van der Waals surface area (Å²) in [5.74, 6) is -0.244. The Labute approximate surface area is 130 Å². The second kappa shape index (κ2) is 5.29. The number of amides is 1. The van der Waals surface area contributed by atoms with Gasteiger partial charge in [-0.2, -0.15) is 5.10 Å². The average Bonchev–Trinajstić information content (AvgIpc) is 2.90. The van der Waals surface area contributed by atoms with Gasteiger partial charge in [-0.15, -0.1) is 0 Å². The van der Waals surface area contributed by atoms with Gasteiger partial charge in [0.25, 0.3) is 5.91 Å². The van der Waals surface area contributed by atoms with Crippen molar-refractivity contribution in [3.63, 3.8) is 0 Å². The van der Waals surface area contributed by atoms with Crippen molar-refractivity contribution >= 4 is 33.2 Å². The topological polar surface area (TPSA) is 59.3 Å². The Morgan fingerprint density at radius 3 is 2.81 bits per heavy atom. The fraction of sp³-hybridized carbons (Fsp3) is 0.133. The number of rotatable bonds is 2. The third-order valence-electron chi connectivity index (χ3n) is 3.14. The predicted octanol–water partition coefficient (Wildman–Crippen LogP) is 3.36. The van der Waals surface area contributed by atoms with E-state index in [4.69, 9.17) is 0 Å². The Balaban J connectivity index is 1.93. The van der Waals surface area contributed by atoms with Crippen LogP contribution in [0.3, 0.4) is 0 Å². The van der Waals surface area contributed by atoms with Crippen molar-refractivity contribution < 1.29 is 4.79 Å². The number of hydrogen-bond acceptors (Lipinski definition) is 3. The van der Waals surface area contributed by atoms with E-state index in [2.05, 4.69) is 31.3 Å². The lowest BCUT2D eigenvalue weighted by Gasteiger charge is -2.08. The molecule has 0 atom stereocenters. The minimum atomic E-state index is -0.244. The summed E-state index contributed by atoms with van der Waals surface area (Å²) in [6.45, 7) is 3.88. The lowest BCUT2D eigenvalue weighted by atomic mass is 10.2. The number of anilines is 1. The molecule has 0 bridgehead atoms. The molecule has 3 aromatic rings. The molecule has 21 heavy (non-hydrogen) atoms. The molecule has 0 unspecified atom stereocenters. The molecule has 3 rings (SSSR count). The van der Waals surface area contributed by atoms with Crippen LogP contribution >= 0.6 is 15.9 Å². The van der Waals surface area contributed by atoms with Gasteiger partial charge in [-0.1, -0.05) is 6.07 Å². The molecule has 1 N–H and O–H groups in total. The van der Waals surface area contributed by atoms with Gasteiger partial charge in [0.1, 0.15) is 5.69 Å². The molecular weight excluding hydrogens is 332 g/mol. The van der Waals surface area contributed by atoms with Crippen LogP contribution in [-0.2, 0) is 0 Å². The van der Waals surface area contributed by atoms with E-state index in [-0.39, 0.29) is 5.91 Å². The molecule has 0 aliphatic rings. The summed E-state index contributed by atoms with van der Waals surface area (Å²) in [5.41, 5.74) is 3.72. The van der Waals surface area contributed by atoms with Crippen molar-refractivity contribution in [1.29, 1.82) is 0 Å². The Hall–Kier alpha value is -2.21. The minimum Gasteiger partial charge on any atom is -0.320 e. The summed E-state index contributed by atoms with van der Waals surface area (Å²) in [6, 6.07) is 9.25. The number of nitrogens with one attached hydrogen (secondary N) is 1. The van der Waals surface area contributed by atoms with E-state index in [1.165, 1.54) is 0 Å². The quantitative estimate of drug-likeness (QED) is 0.775. The molecule has 2 aromatic heterocycles. The maximum Gasteiger partial charge on any atom is 0.274 e. The Morgan fingerprint density at radius 2 is 2.05 bits per heavy atom. The molecular formula is C15H13BrN4O. The summed E-state index contributed by atoms with van der Waals surface area (Å²) >= 11 is 3.45. The number of carbonyl (C=O) groups is 1. The van der Waals surface area contributed by atoms with E-state index >= 15 is 0 Å². The highest BCUT2D eigenvalue weighted by Gasteiger charge is 2.12. The van der Waals surface area contributed by atoms with Crippen molar-refractivity contribution in [2.45, 2.75) is 13.8 Å². The van der Waals surface area contributed by atoms with Gasteiger partial charge in [-0.3, -0.25) is 4.79 Å². The number of carbonyl (C=O) groups excluding carboxylic acids is 1. The summed E-state index contributed by atoms with van der Waals surface area (Å²) < 4.78 is 2.54. The fourth-order valence-corrected chi connectivity index (χ4v) is 2.68. The molecule has 2 heterocycles. The van der Waals surface area contributed by atoms with Gasteiger partial charge in [0, 0.05) is 16.2 Å². The van der Waals surface area contributed by atoms with Crippen molar-refractivity contribution in [3.8, 4) is 0 Å². The summed E-state index contributed by atoms with van der Waals surface area (Å²) in [5, 5.41) is 7.00. The van der Waals surface area contributed by atoms with Crippen molar-refractivity contribution in [1.82, 2.24) is 14.6 Å². The third kappa shape index (κ3) is 2.67. The first-order valence-corrected chi connectivity index (χ1v) is 7.23. The monoisotopic (exact) mass is 344 g/mol. The molecule has 0 aliphatic heterocycles. The zero-order valence-electron chi connectivity index (χ0n) is 11.6. The standard InChI is InChI=1S/C15H13BrN4O/c1-9-3-4-12(11(16)7-9)19-15(21)13-8-10(2)20-14(18-13)5-6-17-20/h3-8H,1-2H3,(H,19,21). The van der Waals surface area contributed by atoms with E-state index < -0.39 is 0 Å². The molecule has 1 amide bonds. The number of aromatic nitrogens is 3. The van der Waals surface area contributed by atoms with E-state index in [1.54, 1.807) is 22.8 Å². The van der Waals surface area contributed by atoms with Crippen LogP contribution in [0.2, 0.25) is 0 Å². The van der Waals surface area contributed by atoms with E-state index in [1.807, 2.05) is 32.0 Å². The highest BCUT2D eigenvalue weighted by Crippen LogP contribution is 2.23. The molecule has 6 heteroatoms. The summed E-state index contributed by atoms with van der Waals surface area (Å²) in [7, 11) is 0. The van der Waals surface area contributed by atoms with E-state index in [0.29, 0.717) is 11.3 Å². The lowest BCUT2D eigenvalue weighted by Crippen LogP contribution is -2.15. The Morgan fingerprint density at radius 1 is 1.24 bits per heavy atom. The van der Waals surface area contributed by atoms with Gasteiger partial charge >= 0.3 is 0 Å². The molecule has 0 radical (unpaired) electrons. The zero-order valence-corrected chi connectivity index (χ0v) is 13.2. The van der Waals surface area contributed by atoms with Gasteiger partial charge < -0.3 is 5.32 Å². The van der Waals surface area contributed by atoms with Crippen LogP contribution in [0.25, 0.3) is 5.65 Å². The SMILES string of the molecule is Cc1ccc(NC(=O)c2cc(C)n3nccc3n2)c(Br)c1. The zero-order chi connectivity index (χ0) is 15.0. The van der Waals surface area contributed by atoms with Crippen LogP contribution in [0.5, 0.6) is 0 Å². The largest absolute Gasteiger partial charge is 0.320 e. The average molecular weight is 345 g/mol. The molecule has 5 nitrogen and oxygen atoms in total. The van der Waals surface area contributed by atoms with Gasteiger partial charge in [0.15, 0.2) is 5.65 Å². The molecule has 0 saturated carbocycles. The van der Waals surface area contributed by atoms with Gasteiger partial charge in [0.05, 0.1) is 11.9 Å². The Bertz CT molecular complexity index is 841. The number of aryl methyl sites for hydroxylation is 2. The van der Waals surface area contributed by atoms with Crippen LogP contribution < -0.4 is 5.32 Å². The van der Waals surface area contributed by atoms with Crippen LogP contribution in [0.1, 0.15) is 21.7 Å². The molecule has 1 aromatic carbocycles. The van der Waals surface area contributed by atoms with Crippen molar-refractivity contribution in [2.75, 3.05) is 5.32 Å². The van der Waals surface area contributed by atoms with Crippen LogP contribution in [0.4, 0.5) is 5.69 Å². The summed E-state index contributed by atoms with van der Waals surface area (Å²) in [4.78, 5) is 16.7. The second-order valence-corrected chi connectivity index (χ2v) is 5.68. The van der Waals surface area contributed by atoms with Crippen molar-refractivity contribution in [2.24, 2.45) is 0 Å². The molecule has 106 valence electrons. The number of fused-ring (bicyclic) bond motifs is 1. The van der Waals surface area contributed by atoms with E-state index in [9.17, 15) is 4.79 Å².